The summed E-state index contributed by atoms with van der Waals surface area (Å²) in [5, 5.41) is 3.49. The number of alkyl halides is 7. The summed E-state index contributed by atoms with van der Waals surface area (Å²) in [6, 6.07) is 2.12. The third-order valence-electron chi connectivity index (χ3n) is 3.56. The molecular weight excluding hydrogens is 706 g/mol. The minimum Gasteiger partial charge on any atom is -0.487 e. The number of benzene rings is 2. The topological polar surface area (TPSA) is 33.6 Å². The zero-order chi connectivity index (χ0) is 23.6. The number of hydrazone groups is 1. The second-order valence-electron chi connectivity index (χ2n) is 5.86. The lowest BCUT2D eigenvalue weighted by atomic mass is 10.2. The summed E-state index contributed by atoms with van der Waals surface area (Å²) in [5.41, 5.74) is 1.26. The van der Waals surface area contributed by atoms with E-state index in [0.29, 0.717) is 29.4 Å². The van der Waals surface area contributed by atoms with Crippen LogP contribution in [-0.4, -0.2) is 24.4 Å². The Bertz CT molecular complexity index is 988. The van der Waals surface area contributed by atoms with Gasteiger partial charge in [0.2, 0.25) is 0 Å². The van der Waals surface area contributed by atoms with E-state index in [0.717, 1.165) is 0 Å². The molecule has 170 valence electrons. The molecule has 0 atom stereocenters. The van der Waals surface area contributed by atoms with Crippen molar-refractivity contribution in [1.29, 1.82) is 0 Å². The van der Waals surface area contributed by atoms with Gasteiger partial charge >= 0.3 is 18.1 Å². The lowest BCUT2D eigenvalue weighted by Gasteiger charge is -2.27. The van der Waals surface area contributed by atoms with Gasteiger partial charge in [-0.25, -0.2) is 5.43 Å². The molecule has 31 heavy (non-hydrogen) atoms. The summed E-state index contributed by atoms with van der Waals surface area (Å²) in [4.78, 5) is 0. The highest BCUT2D eigenvalue weighted by Crippen LogP contribution is 2.45. The molecule has 0 unspecified atom stereocenters. The fourth-order valence-electron chi connectivity index (χ4n) is 2.04. The van der Waals surface area contributed by atoms with Gasteiger partial charge in [-0.2, -0.15) is 35.8 Å². The SMILES string of the molecule is FC(F)(F)C(F)(F)C(F)(F)N/N=C\c1cc(I)cc(I)c1OCc1ccc(Cl)c(Cl)c1. The predicted octanol–water partition coefficient (Wildman–Crippen LogP) is 7.50. The van der Waals surface area contributed by atoms with E-state index in [1.165, 1.54) is 12.1 Å². The van der Waals surface area contributed by atoms with Gasteiger partial charge in [0, 0.05) is 9.13 Å². The molecule has 0 aliphatic carbocycles. The number of nitrogens with zero attached hydrogens (tertiary/aromatic N) is 1. The van der Waals surface area contributed by atoms with Crippen LogP contribution in [0.4, 0.5) is 30.7 Å². The fourth-order valence-corrected chi connectivity index (χ4v) is 4.41. The Balaban J connectivity index is 2.25. The van der Waals surface area contributed by atoms with Crippen LogP contribution in [0, 0.1) is 7.14 Å². The van der Waals surface area contributed by atoms with E-state index >= 15 is 0 Å². The molecule has 0 aliphatic rings. The zero-order valence-corrected chi connectivity index (χ0v) is 20.5. The molecule has 0 amide bonds. The molecule has 3 nitrogen and oxygen atoms in total. The second-order valence-corrected chi connectivity index (χ2v) is 9.08. The summed E-state index contributed by atoms with van der Waals surface area (Å²) in [6.45, 7) is -0.0238. The van der Waals surface area contributed by atoms with Crippen molar-refractivity contribution in [3.8, 4) is 5.75 Å². The highest BCUT2D eigenvalue weighted by atomic mass is 127. The molecule has 0 saturated carbocycles. The smallest absolute Gasteiger partial charge is 0.462 e. The number of ether oxygens (including phenoxy) is 1. The molecule has 0 saturated heterocycles. The van der Waals surface area contributed by atoms with Crippen LogP contribution in [0.3, 0.4) is 0 Å². The Labute approximate surface area is 208 Å². The third kappa shape index (κ3) is 6.41. The molecule has 0 spiro atoms. The van der Waals surface area contributed by atoms with Gasteiger partial charge in [-0.15, -0.1) is 0 Å². The van der Waals surface area contributed by atoms with Crippen LogP contribution in [-0.2, 0) is 6.61 Å². The van der Waals surface area contributed by atoms with Crippen molar-refractivity contribution in [3.05, 3.63) is 58.6 Å². The first-order valence-electron chi connectivity index (χ1n) is 7.84. The summed E-state index contributed by atoms with van der Waals surface area (Å²) >= 11 is 15.5. The maximum Gasteiger partial charge on any atom is 0.462 e. The summed E-state index contributed by atoms with van der Waals surface area (Å²) < 4.78 is 96.0. The molecule has 2 aromatic carbocycles. The van der Waals surface area contributed by atoms with Gasteiger partial charge in [0.05, 0.1) is 19.8 Å². The number of hydrogen-bond donors (Lipinski definition) is 1. The molecule has 0 bridgehead atoms. The fraction of sp³-hybridized carbons (Fsp3) is 0.235. The number of rotatable bonds is 7. The lowest BCUT2D eigenvalue weighted by molar-refractivity contribution is -0.361. The number of hydrogen-bond acceptors (Lipinski definition) is 3. The summed E-state index contributed by atoms with van der Waals surface area (Å²) in [5.74, 6) is -6.19. The van der Waals surface area contributed by atoms with Crippen LogP contribution in [0.2, 0.25) is 10.0 Å². The Kier molecular flexibility index (Phi) is 8.58. The normalized spacial score (nSPS) is 13.0. The molecule has 0 aliphatic heterocycles. The zero-order valence-electron chi connectivity index (χ0n) is 14.7. The molecule has 1 N–H and O–H groups in total. The van der Waals surface area contributed by atoms with E-state index in [2.05, 4.69) is 5.10 Å². The van der Waals surface area contributed by atoms with E-state index in [1.54, 1.807) is 18.2 Å². The van der Waals surface area contributed by atoms with E-state index in [4.69, 9.17) is 27.9 Å². The number of halogens is 11. The van der Waals surface area contributed by atoms with Crippen molar-refractivity contribution in [3.63, 3.8) is 0 Å². The first-order valence-corrected chi connectivity index (χ1v) is 10.8. The van der Waals surface area contributed by atoms with Gasteiger partial charge < -0.3 is 4.74 Å². The van der Waals surface area contributed by atoms with Gasteiger partial charge in [-0.3, -0.25) is 0 Å². The van der Waals surface area contributed by atoms with E-state index in [9.17, 15) is 30.7 Å². The minimum atomic E-state index is -6.47. The van der Waals surface area contributed by atoms with Crippen LogP contribution < -0.4 is 10.2 Å². The van der Waals surface area contributed by atoms with Crippen LogP contribution in [0.1, 0.15) is 11.1 Å². The van der Waals surface area contributed by atoms with Crippen LogP contribution in [0.15, 0.2) is 35.4 Å². The van der Waals surface area contributed by atoms with Crippen molar-refractivity contribution in [2.75, 3.05) is 0 Å². The molecule has 0 fully saturated rings. The monoisotopic (exact) mass is 714 g/mol. The first kappa shape index (κ1) is 26.5. The Hall–Kier alpha value is -0.740. The van der Waals surface area contributed by atoms with E-state index < -0.39 is 18.1 Å². The minimum absolute atomic E-state index is 0.0238. The maximum absolute atomic E-state index is 13.3. The Morgan fingerprint density at radius 2 is 1.61 bits per heavy atom. The van der Waals surface area contributed by atoms with Crippen LogP contribution in [0.5, 0.6) is 5.75 Å². The predicted molar refractivity (Wildman–Crippen MR) is 119 cm³/mol. The Morgan fingerprint density at radius 3 is 2.19 bits per heavy atom. The average Bonchev–Trinajstić information content (AvgIpc) is 2.62. The second kappa shape index (κ2) is 10.0. The highest BCUT2D eigenvalue weighted by molar-refractivity contribution is 14.1. The van der Waals surface area contributed by atoms with Gasteiger partial charge in [-0.1, -0.05) is 29.3 Å². The molecule has 2 aromatic rings. The molecule has 0 heterocycles. The van der Waals surface area contributed by atoms with Crippen molar-refractivity contribution < 1.29 is 35.5 Å². The van der Waals surface area contributed by atoms with Crippen molar-refractivity contribution in [2.45, 2.75) is 24.8 Å². The summed E-state index contributed by atoms with van der Waals surface area (Å²) in [7, 11) is 0. The quantitative estimate of drug-likeness (QED) is 0.106. The molecule has 14 heteroatoms. The third-order valence-corrected chi connectivity index (χ3v) is 5.73. The molecule has 2 rings (SSSR count). The van der Waals surface area contributed by atoms with E-state index in [1.807, 2.05) is 45.2 Å². The Morgan fingerprint density at radius 1 is 0.968 bits per heavy atom. The summed E-state index contributed by atoms with van der Waals surface area (Å²) in [6.07, 6.45) is -5.81. The molecule has 0 radical (unpaired) electrons. The van der Waals surface area contributed by atoms with Crippen molar-refractivity contribution in [1.82, 2.24) is 5.43 Å². The number of nitrogens with one attached hydrogen (secondary N) is 1. The molecular formula is C17H9Cl2F7I2N2O. The standard InChI is InChI=1S/C17H9Cl2F7I2N2O/c18-11-2-1-8(3-12(11)19)7-31-14-9(4-10(27)5-13(14)28)6-29-30-17(25,26)15(20,21)16(22,23)24/h1-6,30H,7H2/b29-6-. The maximum atomic E-state index is 13.3. The van der Waals surface area contributed by atoms with Crippen LogP contribution >= 0.6 is 68.4 Å². The van der Waals surface area contributed by atoms with Gasteiger partial charge in [0.1, 0.15) is 12.4 Å². The lowest BCUT2D eigenvalue weighted by Crippen LogP contribution is -2.58. The largest absolute Gasteiger partial charge is 0.487 e. The van der Waals surface area contributed by atoms with Crippen molar-refractivity contribution >= 4 is 74.6 Å². The van der Waals surface area contributed by atoms with E-state index in [-0.39, 0.29) is 22.9 Å². The first-order chi connectivity index (χ1) is 14.2. The highest BCUT2D eigenvalue weighted by Gasteiger charge is 2.73. The molecule has 0 aromatic heterocycles. The van der Waals surface area contributed by atoms with Crippen molar-refractivity contribution in [2.24, 2.45) is 5.10 Å². The van der Waals surface area contributed by atoms with Gasteiger partial charge in [0.15, 0.2) is 0 Å². The average molecular weight is 715 g/mol. The van der Waals surface area contributed by atoms with Gasteiger partial charge in [0.25, 0.3) is 0 Å². The van der Waals surface area contributed by atoms with Gasteiger partial charge in [-0.05, 0) is 75.0 Å². The van der Waals surface area contributed by atoms with Crippen LogP contribution in [0.25, 0.3) is 0 Å².